The maximum atomic E-state index is 13.8. The molecule has 1 saturated carbocycles. The van der Waals surface area contributed by atoms with Crippen LogP contribution in [0.4, 0.5) is 4.39 Å². The summed E-state index contributed by atoms with van der Waals surface area (Å²) < 4.78 is 13.8. The molecule has 1 N–H and O–H groups in total. The Kier molecular flexibility index (Phi) is 5.56. The zero-order valence-corrected chi connectivity index (χ0v) is 14.5. The molecule has 0 amide bonds. The molecule has 118 valence electrons. The summed E-state index contributed by atoms with van der Waals surface area (Å²) in [6.07, 6.45) is 4.27. The first-order chi connectivity index (χ1) is 10.00. The molecule has 0 saturated heterocycles. The van der Waals surface area contributed by atoms with Crippen molar-refractivity contribution in [2.24, 2.45) is 5.41 Å². The van der Waals surface area contributed by atoms with Crippen LogP contribution in [-0.2, 0) is 0 Å². The monoisotopic (exact) mass is 331 g/mol. The normalized spacial score (nSPS) is 23.9. The van der Waals surface area contributed by atoms with Crippen molar-refractivity contribution < 1.29 is 4.39 Å². The summed E-state index contributed by atoms with van der Waals surface area (Å²) in [6, 6.07) is 3.56. The molecule has 0 aliphatic heterocycles. The van der Waals surface area contributed by atoms with Gasteiger partial charge < -0.3 is 5.32 Å². The molecule has 2 atom stereocenters. The Labute approximate surface area is 137 Å². The van der Waals surface area contributed by atoms with Crippen LogP contribution in [0.3, 0.4) is 0 Å². The van der Waals surface area contributed by atoms with Crippen LogP contribution < -0.4 is 5.32 Å². The molecule has 0 radical (unpaired) electrons. The number of hydrogen-bond acceptors (Lipinski definition) is 1. The number of hydrogen-bond donors (Lipinski definition) is 1. The zero-order chi connectivity index (χ0) is 15.6. The molecule has 0 spiro atoms. The van der Waals surface area contributed by atoms with Gasteiger partial charge in [-0.25, -0.2) is 4.39 Å². The lowest BCUT2D eigenvalue weighted by molar-refractivity contribution is 0.0201. The molecular formula is C17H24Cl2FN. The van der Waals surface area contributed by atoms with Crippen molar-refractivity contribution in [2.75, 3.05) is 6.54 Å². The highest BCUT2D eigenvalue weighted by Gasteiger charge is 2.53. The summed E-state index contributed by atoms with van der Waals surface area (Å²) in [6.45, 7) is 7.64. The summed E-state index contributed by atoms with van der Waals surface area (Å²) in [5.74, 6) is -0.0664. The van der Waals surface area contributed by atoms with Gasteiger partial charge in [0, 0.05) is 11.1 Å². The Bertz CT molecular complexity index is 500. The standard InChI is InChI=1S/C17H24Cl2FN/c1-4-7-21-16-9-12(17(16,5-2)6-3)11-8-15(20)14(19)10-13(11)18/h8,10,12,16,21H,4-7,9H2,1-3H3. The van der Waals surface area contributed by atoms with Crippen LogP contribution in [0, 0.1) is 11.2 Å². The molecule has 1 aromatic carbocycles. The van der Waals surface area contributed by atoms with E-state index in [1.165, 1.54) is 12.1 Å². The number of nitrogens with one attached hydrogen (secondary N) is 1. The first-order valence-electron chi connectivity index (χ1n) is 7.87. The zero-order valence-electron chi connectivity index (χ0n) is 13.0. The molecular weight excluding hydrogens is 308 g/mol. The van der Waals surface area contributed by atoms with Gasteiger partial charge in [0.05, 0.1) is 5.02 Å². The SMILES string of the molecule is CCCNC1CC(c2cc(F)c(Cl)cc2Cl)C1(CC)CC. The highest BCUT2D eigenvalue weighted by molar-refractivity contribution is 6.35. The molecule has 0 aromatic heterocycles. The van der Waals surface area contributed by atoms with Crippen molar-refractivity contribution in [3.63, 3.8) is 0 Å². The average Bonchev–Trinajstić information content (AvgIpc) is 2.44. The van der Waals surface area contributed by atoms with E-state index in [-0.39, 0.29) is 16.3 Å². The molecule has 2 unspecified atom stereocenters. The van der Waals surface area contributed by atoms with Gasteiger partial charge >= 0.3 is 0 Å². The van der Waals surface area contributed by atoms with Gasteiger partial charge in [-0.15, -0.1) is 0 Å². The van der Waals surface area contributed by atoms with Gasteiger partial charge in [-0.2, -0.15) is 0 Å². The van der Waals surface area contributed by atoms with E-state index in [1.54, 1.807) is 0 Å². The Morgan fingerprint density at radius 1 is 1.19 bits per heavy atom. The molecule has 1 aromatic rings. The van der Waals surface area contributed by atoms with Crippen LogP contribution in [0.25, 0.3) is 0 Å². The minimum Gasteiger partial charge on any atom is -0.313 e. The first-order valence-corrected chi connectivity index (χ1v) is 8.63. The third-order valence-corrected chi connectivity index (χ3v) is 5.85. The van der Waals surface area contributed by atoms with Crippen LogP contribution in [0.2, 0.25) is 10.0 Å². The summed E-state index contributed by atoms with van der Waals surface area (Å²) in [5.41, 5.74) is 1.08. The number of benzene rings is 1. The molecule has 4 heteroatoms. The fourth-order valence-electron chi connectivity index (χ4n) is 3.87. The Hall–Kier alpha value is -0.310. The van der Waals surface area contributed by atoms with Crippen LogP contribution in [0.15, 0.2) is 12.1 Å². The van der Waals surface area contributed by atoms with Gasteiger partial charge in [0.1, 0.15) is 5.82 Å². The van der Waals surface area contributed by atoms with Crippen LogP contribution >= 0.6 is 23.2 Å². The lowest BCUT2D eigenvalue weighted by Gasteiger charge is -2.57. The van der Waals surface area contributed by atoms with Crippen LogP contribution in [0.1, 0.15) is 57.9 Å². The Morgan fingerprint density at radius 3 is 2.43 bits per heavy atom. The topological polar surface area (TPSA) is 12.0 Å². The molecule has 0 bridgehead atoms. The molecule has 1 nitrogen and oxygen atoms in total. The van der Waals surface area contributed by atoms with E-state index in [0.717, 1.165) is 37.8 Å². The highest BCUT2D eigenvalue weighted by Crippen LogP contribution is 2.58. The average molecular weight is 332 g/mol. The lowest BCUT2D eigenvalue weighted by atomic mass is 9.51. The number of rotatable bonds is 6. The third-order valence-electron chi connectivity index (χ3n) is 5.23. The van der Waals surface area contributed by atoms with Gasteiger partial charge in [0.25, 0.3) is 0 Å². The van der Waals surface area contributed by atoms with E-state index in [9.17, 15) is 4.39 Å². The van der Waals surface area contributed by atoms with E-state index in [1.807, 2.05) is 0 Å². The predicted octanol–water partition coefficient (Wildman–Crippen LogP) is 5.79. The van der Waals surface area contributed by atoms with Crippen molar-refractivity contribution in [3.8, 4) is 0 Å². The van der Waals surface area contributed by atoms with Crippen molar-refractivity contribution in [3.05, 3.63) is 33.6 Å². The predicted molar refractivity (Wildman–Crippen MR) is 88.9 cm³/mol. The van der Waals surface area contributed by atoms with Gasteiger partial charge in [0.15, 0.2) is 0 Å². The van der Waals surface area contributed by atoms with Gasteiger partial charge in [-0.05, 0) is 61.3 Å². The van der Waals surface area contributed by atoms with E-state index in [2.05, 4.69) is 26.1 Å². The van der Waals surface area contributed by atoms with Gasteiger partial charge in [-0.1, -0.05) is 44.0 Å². The second-order valence-electron chi connectivity index (χ2n) is 6.02. The minimum absolute atomic E-state index is 0.0994. The molecule has 1 aliphatic rings. The summed E-state index contributed by atoms with van der Waals surface area (Å²) in [7, 11) is 0. The summed E-state index contributed by atoms with van der Waals surface area (Å²) >= 11 is 12.1. The summed E-state index contributed by atoms with van der Waals surface area (Å²) in [5, 5.41) is 4.33. The second kappa shape index (κ2) is 6.85. The lowest BCUT2D eigenvalue weighted by Crippen LogP contribution is -2.58. The maximum Gasteiger partial charge on any atom is 0.142 e. The molecule has 1 fully saturated rings. The molecule has 0 heterocycles. The van der Waals surface area contributed by atoms with E-state index >= 15 is 0 Å². The van der Waals surface area contributed by atoms with Gasteiger partial charge in [0.2, 0.25) is 0 Å². The molecule has 1 aliphatic carbocycles. The van der Waals surface area contributed by atoms with Crippen molar-refractivity contribution in [1.82, 2.24) is 5.32 Å². The minimum atomic E-state index is -0.373. The third kappa shape index (κ3) is 2.95. The fourth-order valence-corrected chi connectivity index (χ4v) is 4.38. The smallest absolute Gasteiger partial charge is 0.142 e. The largest absolute Gasteiger partial charge is 0.313 e. The fraction of sp³-hybridized carbons (Fsp3) is 0.647. The second-order valence-corrected chi connectivity index (χ2v) is 6.84. The molecule has 21 heavy (non-hydrogen) atoms. The van der Waals surface area contributed by atoms with Gasteiger partial charge in [-0.3, -0.25) is 0 Å². The number of halogens is 3. The van der Waals surface area contributed by atoms with Crippen molar-refractivity contribution >= 4 is 23.2 Å². The Morgan fingerprint density at radius 2 is 1.86 bits per heavy atom. The Balaban J connectivity index is 2.30. The summed E-state index contributed by atoms with van der Waals surface area (Å²) in [4.78, 5) is 0. The van der Waals surface area contributed by atoms with Crippen LogP contribution in [-0.4, -0.2) is 12.6 Å². The van der Waals surface area contributed by atoms with Crippen molar-refractivity contribution in [1.29, 1.82) is 0 Å². The van der Waals surface area contributed by atoms with E-state index in [4.69, 9.17) is 23.2 Å². The highest BCUT2D eigenvalue weighted by atomic mass is 35.5. The maximum absolute atomic E-state index is 13.8. The first kappa shape index (κ1) is 17.1. The quantitative estimate of drug-likeness (QED) is 0.650. The van der Waals surface area contributed by atoms with Crippen LogP contribution in [0.5, 0.6) is 0 Å². The molecule has 2 rings (SSSR count). The van der Waals surface area contributed by atoms with E-state index < -0.39 is 0 Å². The van der Waals surface area contributed by atoms with Crippen molar-refractivity contribution in [2.45, 2.75) is 58.4 Å². The van der Waals surface area contributed by atoms with E-state index in [0.29, 0.717) is 17.0 Å².